The molecule has 2 atom stereocenters. The molecule has 520 valence electrons. The fraction of sp³-hybridized carbons (Fsp3) is 0.902. The van der Waals surface area contributed by atoms with Crippen LogP contribution in [0.2, 0.25) is 0 Å². The fourth-order valence-electron chi connectivity index (χ4n) is 12.8. The molecule has 0 fully saturated rings. The molecule has 0 spiro atoms. The third-order valence-electron chi connectivity index (χ3n) is 18.9. The van der Waals surface area contributed by atoms with E-state index in [4.69, 9.17) is 4.74 Å². The summed E-state index contributed by atoms with van der Waals surface area (Å²) in [4.78, 5) is 24.6. The van der Waals surface area contributed by atoms with Crippen LogP contribution in [-0.2, 0) is 14.3 Å². The molecular formula is C82H157NO5. The molecule has 0 bridgehead atoms. The van der Waals surface area contributed by atoms with Crippen LogP contribution in [0.15, 0.2) is 36.5 Å². The van der Waals surface area contributed by atoms with E-state index in [-0.39, 0.29) is 18.5 Å². The Morgan fingerprint density at radius 1 is 0.318 bits per heavy atom. The Balaban J connectivity index is 3.37. The molecule has 1 amide bonds. The van der Waals surface area contributed by atoms with Crippen molar-refractivity contribution in [2.24, 2.45) is 0 Å². The van der Waals surface area contributed by atoms with Gasteiger partial charge in [0.25, 0.3) is 0 Å². The van der Waals surface area contributed by atoms with Gasteiger partial charge in [-0.15, -0.1) is 0 Å². The van der Waals surface area contributed by atoms with Crippen LogP contribution in [0, 0.1) is 0 Å². The number of nitrogens with one attached hydrogen (secondary N) is 1. The standard InChI is InChI=1S/C82H157NO5/c1-3-5-7-9-11-13-15-17-19-20-21-22-38-41-44-47-50-54-58-62-66-70-74-80(85)79(78-84)83-81(86)75-71-67-63-59-55-51-48-45-42-39-36-34-32-30-28-26-24-23-25-27-29-31-33-35-37-40-43-46-49-53-57-61-65-69-73-77-88-82(87)76-72-68-64-60-56-52-18-16-14-12-10-8-6-4-2/h16,18,25,27,31,33,79-80,84-85H,3-15,17,19-24,26,28-30,32,34-78H2,1-2H3,(H,83,86)/b18-16-,27-25-,33-31-. The highest BCUT2D eigenvalue weighted by Crippen LogP contribution is 2.20. The van der Waals surface area contributed by atoms with Gasteiger partial charge in [-0.05, 0) is 83.5 Å². The Kier molecular flexibility index (Phi) is 75.8. The first-order chi connectivity index (χ1) is 43.5. The summed E-state index contributed by atoms with van der Waals surface area (Å²) in [6.07, 6.45) is 101. The van der Waals surface area contributed by atoms with Gasteiger partial charge in [-0.2, -0.15) is 0 Å². The van der Waals surface area contributed by atoms with Crippen LogP contribution in [-0.4, -0.2) is 47.4 Å². The van der Waals surface area contributed by atoms with Crippen LogP contribution in [0.4, 0.5) is 0 Å². The van der Waals surface area contributed by atoms with Crippen molar-refractivity contribution in [2.75, 3.05) is 13.2 Å². The second-order valence-electron chi connectivity index (χ2n) is 27.7. The summed E-state index contributed by atoms with van der Waals surface area (Å²) in [5.74, 6) is -0.0185. The second-order valence-corrected chi connectivity index (χ2v) is 27.7. The smallest absolute Gasteiger partial charge is 0.305 e. The first-order valence-corrected chi connectivity index (χ1v) is 40.2. The number of unbranched alkanes of at least 4 members (excludes halogenated alkanes) is 59. The van der Waals surface area contributed by atoms with Crippen molar-refractivity contribution in [1.29, 1.82) is 0 Å². The van der Waals surface area contributed by atoms with Gasteiger partial charge in [-0.3, -0.25) is 9.59 Å². The van der Waals surface area contributed by atoms with E-state index < -0.39 is 12.1 Å². The molecule has 0 aromatic carbocycles. The highest BCUT2D eigenvalue weighted by molar-refractivity contribution is 5.76. The predicted molar refractivity (Wildman–Crippen MR) is 389 cm³/mol. The number of ether oxygens (including phenoxy) is 1. The summed E-state index contributed by atoms with van der Waals surface area (Å²) in [5.41, 5.74) is 0. The van der Waals surface area contributed by atoms with Crippen molar-refractivity contribution in [3.05, 3.63) is 36.5 Å². The molecule has 6 nitrogen and oxygen atoms in total. The molecule has 0 radical (unpaired) electrons. The number of hydrogen-bond donors (Lipinski definition) is 3. The molecule has 0 aliphatic rings. The number of allylic oxidation sites excluding steroid dienone is 6. The zero-order valence-electron chi connectivity index (χ0n) is 59.7. The van der Waals surface area contributed by atoms with Gasteiger partial charge in [0.2, 0.25) is 5.91 Å². The number of amides is 1. The summed E-state index contributed by atoms with van der Waals surface area (Å²) >= 11 is 0. The first-order valence-electron chi connectivity index (χ1n) is 40.2. The molecule has 0 aromatic rings. The summed E-state index contributed by atoms with van der Waals surface area (Å²) in [5, 5.41) is 23.5. The summed E-state index contributed by atoms with van der Waals surface area (Å²) < 4.78 is 5.49. The highest BCUT2D eigenvalue weighted by atomic mass is 16.5. The number of carbonyl (C=O) groups excluding carboxylic acids is 2. The number of esters is 1. The van der Waals surface area contributed by atoms with Gasteiger partial charge in [0.1, 0.15) is 0 Å². The minimum atomic E-state index is -0.664. The van der Waals surface area contributed by atoms with Crippen molar-refractivity contribution in [2.45, 2.75) is 463 Å². The summed E-state index contributed by atoms with van der Waals surface area (Å²) in [7, 11) is 0. The van der Waals surface area contributed by atoms with E-state index in [9.17, 15) is 19.8 Å². The lowest BCUT2D eigenvalue weighted by molar-refractivity contribution is -0.143. The van der Waals surface area contributed by atoms with E-state index in [0.29, 0.717) is 25.9 Å². The molecular weight excluding hydrogens is 1080 g/mol. The van der Waals surface area contributed by atoms with Gasteiger partial charge in [0, 0.05) is 12.8 Å². The number of carbonyl (C=O) groups is 2. The molecule has 6 heteroatoms. The summed E-state index contributed by atoms with van der Waals surface area (Å²) in [6.45, 7) is 4.99. The van der Waals surface area contributed by atoms with Crippen LogP contribution in [0.25, 0.3) is 0 Å². The molecule has 0 rings (SSSR count). The Labute approximate surface area is 551 Å². The Morgan fingerprint density at radius 3 is 0.875 bits per heavy atom. The largest absolute Gasteiger partial charge is 0.466 e. The minimum Gasteiger partial charge on any atom is -0.466 e. The molecule has 0 aromatic heterocycles. The van der Waals surface area contributed by atoms with Crippen LogP contribution in [0.1, 0.15) is 450 Å². The topological polar surface area (TPSA) is 95.9 Å². The molecule has 2 unspecified atom stereocenters. The van der Waals surface area contributed by atoms with E-state index in [2.05, 4.69) is 55.6 Å². The Hall–Kier alpha value is -1.92. The van der Waals surface area contributed by atoms with Crippen molar-refractivity contribution < 1.29 is 24.5 Å². The number of hydrogen-bond acceptors (Lipinski definition) is 5. The lowest BCUT2D eigenvalue weighted by Gasteiger charge is -2.22. The molecule has 0 aliphatic heterocycles. The third-order valence-corrected chi connectivity index (χ3v) is 18.9. The normalized spacial score (nSPS) is 12.6. The quantitative estimate of drug-likeness (QED) is 0.0320. The monoisotopic (exact) mass is 1240 g/mol. The zero-order chi connectivity index (χ0) is 63.5. The fourth-order valence-corrected chi connectivity index (χ4v) is 12.8. The number of aliphatic hydroxyl groups excluding tert-OH is 2. The maximum atomic E-state index is 12.6. The van der Waals surface area contributed by atoms with E-state index in [1.165, 1.54) is 366 Å². The maximum absolute atomic E-state index is 12.6. The maximum Gasteiger partial charge on any atom is 0.305 e. The lowest BCUT2D eigenvalue weighted by Crippen LogP contribution is -2.45. The lowest BCUT2D eigenvalue weighted by atomic mass is 10.0. The molecule has 0 aliphatic carbocycles. The van der Waals surface area contributed by atoms with Crippen molar-refractivity contribution in [1.82, 2.24) is 5.32 Å². The summed E-state index contributed by atoms with van der Waals surface area (Å²) in [6, 6.07) is -0.541. The number of aliphatic hydroxyl groups is 2. The first kappa shape index (κ1) is 86.1. The van der Waals surface area contributed by atoms with Gasteiger partial charge in [-0.1, -0.05) is 391 Å². The predicted octanol–water partition coefficient (Wildman–Crippen LogP) is 26.6. The second kappa shape index (κ2) is 77.5. The van der Waals surface area contributed by atoms with E-state index >= 15 is 0 Å². The molecule has 0 heterocycles. The minimum absolute atomic E-state index is 0.00891. The average Bonchev–Trinajstić information content (AvgIpc) is 3.58. The Bertz CT molecular complexity index is 1430. The molecule has 0 saturated carbocycles. The average molecular weight is 1240 g/mol. The van der Waals surface area contributed by atoms with Gasteiger partial charge in [0.05, 0.1) is 25.4 Å². The van der Waals surface area contributed by atoms with Crippen LogP contribution >= 0.6 is 0 Å². The van der Waals surface area contributed by atoms with E-state index in [1.54, 1.807) is 0 Å². The zero-order valence-corrected chi connectivity index (χ0v) is 59.7. The number of rotatable bonds is 76. The molecule has 88 heavy (non-hydrogen) atoms. The molecule has 3 N–H and O–H groups in total. The van der Waals surface area contributed by atoms with Crippen molar-refractivity contribution >= 4 is 11.9 Å². The van der Waals surface area contributed by atoms with Crippen LogP contribution in [0.3, 0.4) is 0 Å². The van der Waals surface area contributed by atoms with Gasteiger partial charge in [-0.25, -0.2) is 0 Å². The van der Waals surface area contributed by atoms with Crippen molar-refractivity contribution in [3.63, 3.8) is 0 Å². The van der Waals surface area contributed by atoms with Gasteiger partial charge < -0.3 is 20.3 Å². The Morgan fingerprint density at radius 2 is 0.568 bits per heavy atom. The molecule has 0 saturated heterocycles. The van der Waals surface area contributed by atoms with Crippen LogP contribution < -0.4 is 5.32 Å². The van der Waals surface area contributed by atoms with Crippen LogP contribution in [0.5, 0.6) is 0 Å². The highest BCUT2D eigenvalue weighted by Gasteiger charge is 2.20. The third kappa shape index (κ3) is 73.1. The van der Waals surface area contributed by atoms with Crippen molar-refractivity contribution in [3.8, 4) is 0 Å². The van der Waals surface area contributed by atoms with E-state index in [0.717, 1.165) is 51.4 Å². The van der Waals surface area contributed by atoms with Gasteiger partial charge in [0.15, 0.2) is 0 Å². The van der Waals surface area contributed by atoms with E-state index in [1.807, 2.05) is 0 Å². The van der Waals surface area contributed by atoms with Gasteiger partial charge >= 0.3 is 5.97 Å². The SMILES string of the molecule is CCCCCCC/C=C\CCCCCCCC(=O)OCCCCCCCCCCCCC/C=C\C/C=C\CCCCCCCCCCCCCCCCCCCC(=O)NC(CO)C(O)CCCCCCCCCCCCCCCCCCCCCCCC.